The lowest BCUT2D eigenvalue weighted by atomic mass is 9.83. The van der Waals surface area contributed by atoms with Gasteiger partial charge in [-0.2, -0.15) is 16.7 Å². The topological polar surface area (TPSA) is 62.1 Å². The molecule has 0 N–H and O–H groups in total. The molecule has 1 fully saturated rings. The highest BCUT2D eigenvalue weighted by Gasteiger charge is 2.34. The first-order valence-electron chi connectivity index (χ1n) is 9.90. The summed E-state index contributed by atoms with van der Waals surface area (Å²) in [6.07, 6.45) is 3.01. The molecule has 166 valence electrons. The zero-order valence-electron chi connectivity index (χ0n) is 17.5. The number of aromatic nitrogens is 4. The molecule has 1 aliphatic heterocycles. The van der Waals surface area contributed by atoms with Crippen LogP contribution in [0, 0.1) is 5.82 Å². The van der Waals surface area contributed by atoms with Gasteiger partial charge in [-0.05, 0) is 30.4 Å². The van der Waals surface area contributed by atoms with E-state index in [-0.39, 0.29) is 22.9 Å². The molecule has 10 heteroatoms. The van der Waals surface area contributed by atoms with Gasteiger partial charge in [-0.15, -0.1) is 0 Å². The molecule has 0 aromatic carbocycles. The lowest BCUT2D eigenvalue weighted by Gasteiger charge is -2.32. The first-order chi connectivity index (χ1) is 14.6. The van der Waals surface area contributed by atoms with E-state index in [1.54, 1.807) is 12.1 Å². The second-order valence-corrected chi connectivity index (χ2v) is 9.30. The molecule has 1 aliphatic rings. The maximum Gasteiger partial charge on any atom is 0.278 e. The number of pyridine rings is 2. The van der Waals surface area contributed by atoms with Crippen LogP contribution in [-0.2, 0) is 12.5 Å². The van der Waals surface area contributed by atoms with Crippen LogP contribution < -0.4 is 9.47 Å². The Morgan fingerprint density at radius 1 is 1.23 bits per heavy atom. The van der Waals surface area contributed by atoms with Crippen LogP contribution in [0.1, 0.15) is 32.5 Å². The second-order valence-electron chi connectivity index (χ2n) is 8.08. The largest absolute Gasteiger partial charge is 0.482 e. The summed E-state index contributed by atoms with van der Waals surface area (Å²) >= 11 is 1.95. The smallest absolute Gasteiger partial charge is 0.278 e. The molecule has 0 unspecified atom stereocenters. The van der Waals surface area contributed by atoms with Gasteiger partial charge in [0.2, 0.25) is 5.88 Å². The Bertz CT molecular complexity index is 1090. The molecule has 6 nitrogen and oxygen atoms in total. The third-order valence-electron chi connectivity index (χ3n) is 5.29. The predicted octanol–water partition coefficient (Wildman–Crippen LogP) is 5.11. The maximum absolute atomic E-state index is 13.6. The lowest BCUT2D eigenvalue weighted by molar-refractivity contribution is -0.0236. The number of nitrogens with zero attached hydrogens (tertiary/aromatic N) is 4. The standard InChI is InChI=1S/C21H23F3N4O2S/c1-20(6-8-31-9-7-20)19-26-14-4-5-16(27-17(14)28(19)3)30-18-15(10-13(22)11-25-18)29-12-21(2,23)24/h4-5,10-11H,6-9,12H2,1-3H3. The minimum absolute atomic E-state index is 0.0212. The van der Waals surface area contributed by atoms with Crippen molar-refractivity contribution in [2.24, 2.45) is 7.05 Å². The highest BCUT2D eigenvalue weighted by Crippen LogP contribution is 2.38. The number of thioether (sulfide) groups is 1. The van der Waals surface area contributed by atoms with Crippen LogP contribution in [0.25, 0.3) is 11.2 Å². The van der Waals surface area contributed by atoms with E-state index in [1.165, 1.54) is 0 Å². The summed E-state index contributed by atoms with van der Waals surface area (Å²) in [4.78, 5) is 13.2. The fourth-order valence-electron chi connectivity index (χ4n) is 3.58. The van der Waals surface area contributed by atoms with Crippen LogP contribution in [-0.4, -0.2) is 43.6 Å². The predicted molar refractivity (Wildman–Crippen MR) is 113 cm³/mol. The number of imidazole rings is 1. The number of alkyl halides is 2. The fourth-order valence-corrected chi connectivity index (χ4v) is 4.97. The van der Waals surface area contributed by atoms with Gasteiger partial charge in [-0.1, -0.05) is 6.92 Å². The Morgan fingerprint density at radius 3 is 2.68 bits per heavy atom. The molecule has 0 radical (unpaired) electrons. The second kappa shape index (κ2) is 8.22. The van der Waals surface area contributed by atoms with Crippen LogP contribution in [0.4, 0.5) is 13.2 Å². The van der Waals surface area contributed by atoms with Crippen LogP contribution >= 0.6 is 11.8 Å². The summed E-state index contributed by atoms with van der Waals surface area (Å²) < 4.78 is 52.6. The third kappa shape index (κ3) is 4.73. The van der Waals surface area contributed by atoms with Crippen LogP contribution in [0.2, 0.25) is 0 Å². The van der Waals surface area contributed by atoms with E-state index in [4.69, 9.17) is 14.5 Å². The molecule has 3 aromatic heterocycles. The van der Waals surface area contributed by atoms with Crippen molar-refractivity contribution in [3.05, 3.63) is 36.0 Å². The van der Waals surface area contributed by atoms with Crippen LogP contribution in [0.5, 0.6) is 17.5 Å². The Labute approximate surface area is 182 Å². The minimum atomic E-state index is -3.08. The van der Waals surface area contributed by atoms with Gasteiger partial charge in [-0.3, -0.25) is 0 Å². The van der Waals surface area contributed by atoms with Crippen LogP contribution in [0.3, 0.4) is 0 Å². The normalized spacial score (nSPS) is 16.5. The summed E-state index contributed by atoms with van der Waals surface area (Å²) in [6, 6.07) is 4.35. The Morgan fingerprint density at radius 2 is 1.97 bits per heavy atom. The first-order valence-corrected chi connectivity index (χ1v) is 11.1. The fraction of sp³-hybridized carbons (Fsp3) is 0.476. The van der Waals surface area contributed by atoms with E-state index < -0.39 is 18.3 Å². The molecule has 31 heavy (non-hydrogen) atoms. The van der Waals surface area contributed by atoms with Crippen molar-refractivity contribution in [3.8, 4) is 17.5 Å². The molecule has 4 rings (SSSR count). The molecule has 1 saturated heterocycles. The molecule has 0 bridgehead atoms. The van der Waals surface area contributed by atoms with Gasteiger partial charge in [0.05, 0.1) is 6.20 Å². The van der Waals surface area contributed by atoms with Crippen molar-refractivity contribution in [1.82, 2.24) is 19.5 Å². The lowest BCUT2D eigenvalue weighted by Crippen LogP contribution is -2.30. The maximum atomic E-state index is 13.6. The van der Waals surface area contributed by atoms with E-state index in [0.29, 0.717) is 12.6 Å². The molecule has 0 saturated carbocycles. The highest BCUT2D eigenvalue weighted by molar-refractivity contribution is 7.99. The Balaban J connectivity index is 1.63. The van der Waals surface area contributed by atoms with Gasteiger partial charge < -0.3 is 14.0 Å². The molecular formula is C21H23F3N4O2S. The first kappa shape index (κ1) is 21.7. The number of hydrogen-bond acceptors (Lipinski definition) is 6. The van der Waals surface area contributed by atoms with Crippen molar-refractivity contribution in [2.45, 2.75) is 38.0 Å². The quantitative estimate of drug-likeness (QED) is 0.518. The summed E-state index contributed by atoms with van der Waals surface area (Å²) in [7, 11) is 1.92. The highest BCUT2D eigenvalue weighted by atomic mass is 32.2. The number of rotatable bonds is 6. The average Bonchev–Trinajstić information content (AvgIpc) is 3.05. The van der Waals surface area contributed by atoms with Crippen LogP contribution in [0.15, 0.2) is 24.4 Å². The van der Waals surface area contributed by atoms with Gasteiger partial charge in [0.15, 0.2) is 18.0 Å². The van der Waals surface area contributed by atoms with Crippen molar-refractivity contribution in [3.63, 3.8) is 0 Å². The van der Waals surface area contributed by atoms with E-state index in [1.807, 2.05) is 23.4 Å². The number of hydrogen-bond donors (Lipinski definition) is 0. The summed E-state index contributed by atoms with van der Waals surface area (Å²) in [5.41, 5.74) is 1.35. The number of halogens is 3. The van der Waals surface area contributed by atoms with E-state index >= 15 is 0 Å². The summed E-state index contributed by atoms with van der Waals surface area (Å²) in [5.74, 6) is -0.827. The molecule has 0 amide bonds. The number of fused-ring (bicyclic) bond motifs is 1. The Hall–Kier alpha value is -2.49. The van der Waals surface area contributed by atoms with E-state index in [9.17, 15) is 13.2 Å². The van der Waals surface area contributed by atoms with Gasteiger partial charge in [0, 0.05) is 31.5 Å². The molecule has 4 heterocycles. The van der Waals surface area contributed by atoms with Crippen molar-refractivity contribution in [2.75, 3.05) is 18.1 Å². The van der Waals surface area contributed by atoms with Gasteiger partial charge >= 0.3 is 0 Å². The number of ether oxygens (including phenoxy) is 2. The van der Waals surface area contributed by atoms with Crippen molar-refractivity contribution >= 4 is 22.9 Å². The molecule has 3 aromatic rings. The minimum Gasteiger partial charge on any atom is -0.482 e. The van der Waals surface area contributed by atoms with Gasteiger partial charge in [0.1, 0.15) is 17.2 Å². The Kier molecular flexibility index (Phi) is 5.76. The summed E-state index contributed by atoms with van der Waals surface area (Å²) in [5, 5.41) is 0. The van der Waals surface area contributed by atoms with Crippen molar-refractivity contribution in [1.29, 1.82) is 0 Å². The number of aryl methyl sites for hydroxylation is 1. The zero-order chi connectivity index (χ0) is 22.2. The summed E-state index contributed by atoms with van der Waals surface area (Å²) in [6.45, 7) is 2.01. The van der Waals surface area contributed by atoms with E-state index in [0.717, 1.165) is 48.0 Å². The monoisotopic (exact) mass is 452 g/mol. The van der Waals surface area contributed by atoms with E-state index in [2.05, 4.69) is 16.9 Å². The molecular weight excluding hydrogens is 429 g/mol. The molecule has 0 aliphatic carbocycles. The molecule has 0 atom stereocenters. The zero-order valence-corrected chi connectivity index (χ0v) is 18.3. The van der Waals surface area contributed by atoms with Gasteiger partial charge in [-0.25, -0.2) is 23.1 Å². The van der Waals surface area contributed by atoms with Crippen molar-refractivity contribution < 1.29 is 22.6 Å². The third-order valence-corrected chi connectivity index (χ3v) is 6.28. The average molecular weight is 453 g/mol. The molecule has 0 spiro atoms. The van der Waals surface area contributed by atoms with Gasteiger partial charge in [0.25, 0.3) is 11.8 Å². The SMILES string of the molecule is Cn1c(C2(C)CCSCC2)nc2ccc(Oc3ncc(F)cc3OCC(C)(F)F)nc21.